The van der Waals surface area contributed by atoms with Crippen LogP contribution in [0, 0.1) is 0 Å². The quantitative estimate of drug-likeness (QED) is 0.626. The third kappa shape index (κ3) is 5.60. The van der Waals surface area contributed by atoms with E-state index in [4.69, 9.17) is 5.73 Å². The van der Waals surface area contributed by atoms with Crippen LogP contribution in [0.4, 0.5) is 0 Å². The summed E-state index contributed by atoms with van der Waals surface area (Å²) >= 11 is 0. The Morgan fingerprint density at radius 3 is 2.38 bits per heavy atom. The van der Waals surface area contributed by atoms with Crippen molar-refractivity contribution < 1.29 is 4.79 Å². The molecule has 0 aliphatic rings. The minimum Gasteiger partial charge on any atom is -0.353 e. The molecule has 0 saturated carbocycles. The van der Waals surface area contributed by atoms with E-state index in [1.165, 1.54) is 0 Å². The minimum absolute atomic E-state index is 0.0860. The molecule has 0 aliphatic carbocycles. The molecule has 1 amide bonds. The summed E-state index contributed by atoms with van der Waals surface area (Å²) in [5.74, 6) is -0.0860. The number of carbonyl (C=O) groups is 1. The molecule has 0 bridgehead atoms. The van der Waals surface area contributed by atoms with E-state index < -0.39 is 6.04 Å². The molecule has 0 radical (unpaired) electrons. The maximum atomic E-state index is 11.0. The lowest BCUT2D eigenvalue weighted by Crippen LogP contribution is -2.42. The fourth-order valence-corrected chi connectivity index (χ4v) is 0.775. The van der Waals surface area contributed by atoms with Crippen LogP contribution in [0.5, 0.6) is 0 Å². The lowest BCUT2D eigenvalue weighted by Gasteiger charge is -2.21. The first-order chi connectivity index (χ1) is 5.95. The van der Waals surface area contributed by atoms with Crippen molar-refractivity contribution in [2.45, 2.75) is 32.9 Å². The number of carbonyl (C=O) groups excluding carboxylic acids is 1. The number of nitrogens with two attached hydrogens (primary N) is 1. The van der Waals surface area contributed by atoms with E-state index in [2.05, 4.69) is 24.1 Å². The molecule has 3 N–H and O–H groups in total. The molecule has 1 atom stereocenters. The number of nitrogens with one attached hydrogen (secondary N) is 1. The van der Waals surface area contributed by atoms with Crippen molar-refractivity contribution in [3.8, 4) is 0 Å². The Kier molecular flexibility index (Phi) is 5.66. The van der Waals surface area contributed by atoms with Crippen molar-refractivity contribution >= 4 is 5.91 Å². The van der Waals surface area contributed by atoms with Gasteiger partial charge in [0.25, 0.3) is 0 Å². The van der Waals surface area contributed by atoms with Crippen LogP contribution >= 0.6 is 0 Å². The third-order valence-electron chi connectivity index (χ3n) is 2.06. The van der Waals surface area contributed by atoms with Crippen molar-refractivity contribution in [2.24, 2.45) is 5.73 Å². The van der Waals surface area contributed by atoms with E-state index in [1.807, 2.05) is 7.05 Å². The second-order valence-corrected chi connectivity index (χ2v) is 3.65. The van der Waals surface area contributed by atoms with Crippen molar-refractivity contribution in [1.29, 1.82) is 0 Å². The second kappa shape index (κ2) is 5.94. The molecule has 0 aliphatic heterocycles. The van der Waals surface area contributed by atoms with Gasteiger partial charge in [-0.3, -0.25) is 4.79 Å². The van der Waals surface area contributed by atoms with Crippen LogP contribution in [-0.4, -0.2) is 43.0 Å². The van der Waals surface area contributed by atoms with Crippen molar-refractivity contribution in [3.05, 3.63) is 0 Å². The Balaban J connectivity index is 3.51. The van der Waals surface area contributed by atoms with Gasteiger partial charge in [-0.05, 0) is 27.8 Å². The largest absolute Gasteiger partial charge is 0.353 e. The number of amides is 1. The van der Waals surface area contributed by atoms with E-state index in [1.54, 1.807) is 6.92 Å². The second-order valence-electron chi connectivity index (χ2n) is 3.65. The summed E-state index contributed by atoms with van der Waals surface area (Å²) in [5.41, 5.74) is 5.39. The molecule has 0 aromatic rings. The van der Waals surface area contributed by atoms with E-state index in [0.29, 0.717) is 12.6 Å². The average Bonchev–Trinajstić information content (AvgIpc) is 2.03. The third-order valence-corrected chi connectivity index (χ3v) is 2.06. The molecule has 0 saturated heterocycles. The van der Waals surface area contributed by atoms with Crippen LogP contribution in [-0.2, 0) is 4.79 Å². The Morgan fingerprint density at radius 2 is 2.00 bits per heavy atom. The molecule has 13 heavy (non-hydrogen) atoms. The molecule has 4 heteroatoms. The highest BCUT2D eigenvalue weighted by molar-refractivity contribution is 5.80. The van der Waals surface area contributed by atoms with Crippen molar-refractivity contribution in [2.75, 3.05) is 20.1 Å². The summed E-state index contributed by atoms with van der Waals surface area (Å²) in [6.45, 7) is 7.44. The van der Waals surface area contributed by atoms with Crippen LogP contribution in [0.25, 0.3) is 0 Å². The SMILES string of the molecule is CC(C)N(C)CCNC(=O)[C@@H](C)N. The van der Waals surface area contributed by atoms with Gasteiger partial charge in [0, 0.05) is 19.1 Å². The van der Waals surface area contributed by atoms with E-state index in [0.717, 1.165) is 6.54 Å². The van der Waals surface area contributed by atoms with Gasteiger partial charge in [-0.25, -0.2) is 0 Å². The van der Waals surface area contributed by atoms with E-state index in [-0.39, 0.29) is 5.91 Å². The van der Waals surface area contributed by atoms with E-state index >= 15 is 0 Å². The summed E-state index contributed by atoms with van der Waals surface area (Å²) in [7, 11) is 2.03. The molecule has 0 fully saturated rings. The highest BCUT2D eigenvalue weighted by Gasteiger charge is 2.07. The zero-order valence-corrected chi connectivity index (χ0v) is 9.00. The van der Waals surface area contributed by atoms with Crippen LogP contribution in [0.3, 0.4) is 0 Å². The van der Waals surface area contributed by atoms with Crippen molar-refractivity contribution in [3.63, 3.8) is 0 Å². The fourth-order valence-electron chi connectivity index (χ4n) is 0.775. The normalized spacial score (nSPS) is 13.5. The molecule has 0 unspecified atom stereocenters. The number of hydrogen-bond donors (Lipinski definition) is 2. The summed E-state index contributed by atoms with van der Waals surface area (Å²) in [6, 6.07) is 0.0940. The minimum atomic E-state index is -0.413. The van der Waals surface area contributed by atoms with Crippen LogP contribution in [0.15, 0.2) is 0 Å². The zero-order chi connectivity index (χ0) is 10.4. The van der Waals surface area contributed by atoms with Gasteiger partial charge in [0.2, 0.25) is 5.91 Å². The predicted octanol–water partition coefficient (Wildman–Crippen LogP) is -0.210. The van der Waals surface area contributed by atoms with Crippen molar-refractivity contribution in [1.82, 2.24) is 10.2 Å². The van der Waals surface area contributed by atoms with Gasteiger partial charge in [0.1, 0.15) is 0 Å². The van der Waals surface area contributed by atoms with Crippen LogP contribution in [0.2, 0.25) is 0 Å². The van der Waals surface area contributed by atoms with Gasteiger partial charge in [0.05, 0.1) is 6.04 Å². The number of nitrogens with zero attached hydrogens (tertiary/aromatic N) is 1. The lowest BCUT2D eigenvalue weighted by molar-refractivity contribution is -0.122. The first-order valence-electron chi connectivity index (χ1n) is 4.68. The predicted molar refractivity (Wildman–Crippen MR) is 54.4 cm³/mol. The molecule has 78 valence electrons. The highest BCUT2D eigenvalue weighted by Crippen LogP contribution is 1.90. The fraction of sp³-hybridized carbons (Fsp3) is 0.889. The molecule has 0 aromatic heterocycles. The topological polar surface area (TPSA) is 58.4 Å². The first-order valence-corrected chi connectivity index (χ1v) is 4.68. The molecule has 4 nitrogen and oxygen atoms in total. The van der Waals surface area contributed by atoms with Gasteiger partial charge in [-0.2, -0.15) is 0 Å². The standard InChI is InChI=1S/C9H21N3O/c1-7(2)12(4)6-5-11-9(13)8(3)10/h7-8H,5-6,10H2,1-4H3,(H,11,13)/t8-/m1/s1. The Bertz CT molecular complexity index is 157. The highest BCUT2D eigenvalue weighted by atomic mass is 16.2. The number of rotatable bonds is 5. The Labute approximate surface area is 80.5 Å². The van der Waals surface area contributed by atoms with Crippen LogP contribution in [0.1, 0.15) is 20.8 Å². The molecular formula is C9H21N3O. The molecule has 0 spiro atoms. The first kappa shape index (κ1) is 12.4. The Hall–Kier alpha value is -0.610. The van der Waals surface area contributed by atoms with Gasteiger partial charge in [-0.1, -0.05) is 0 Å². The summed E-state index contributed by atoms with van der Waals surface area (Å²) in [5, 5.41) is 2.76. The summed E-state index contributed by atoms with van der Waals surface area (Å²) < 4.78 is 0. The summed E-state index contributed by atoms with van der Waals surface area (Å²) in [6.07, 6.45) is 0. The maximum absolute atomic E-state index is 11.0. The monoisotopic (exact) mass is 187 g/mol. The zero-order valence-electron chi connectivity index (χ0n) is 9.00. The van der Waals surface area contributed by atoms with Gasteiger partial charge in [-0.15, -0.1) is 0 Å². The molecule has 0 heterocycles. The smallest absolute Gasteiger partial charge is 0.236 e. The molecule has 0 aromatic carbocycles. The van der Waals surface area contributed by atoms with Crippen LogP contribution < -0.4 is 11.1 Å². The number of hydrogen-bond acceptors (Lipinski definition) is 3. The summed E-state index contributed by atoms with van der Waals surface area (Å²) in [4.78, 5) is 13.2. The maximum Gasteiger partial charge on any atom is 0.236 e. The van der Waals surface area contributed by atoms with Gasteiger partial charge in [0.15, 0.2) is 0 Å². The van der Waals surface area contributed by atoms with Gasteiger partial charge >= 0.3 is 0 Å². The van der Waals surface area contributed by atoms with E-state index in [9.17, 15) is 4.79 Å². The Morgan fingerprint density at radius 1 is 1.46 bits per heavy atom. The lowest BCUT2D eigenvalue weighted by atomic mass is 10.3. The average molecular weight is 187 g/mol. The molecule has 0 rings (SSSR count). The molecular weight excluding hydrogens is 166 g/mol. The van der Waals surface area contributed by atoms with Gasteiger partial charge < -0.3 is 16.0 Å². The number of likely N-dealkylation sites (N-methyl/N-ethyl adjacent to an activating group) is 1.